The Bertz CT molecular complexity index is 741. The van der Waals surface area contributed by atoms with Crippen molar-refractivity contribution in [2.45, 2.75) is 12.8 Å². The number of aliphatic carboxylic acids is 1. The van der Waals surface area contributed by atoms with Gasteiger partial charge in [0.2, 0.25) is 11.8 Å². The summed E-state index contributed by atoms with van der Waals surface area (Å²) < 4.78 is 15.6. The highest BCUT2D eigenvalue weighted by Crippen LogP contribution is 2.25. The van der Waals surface area contributed by atoms with E-state index in [1.54, 1.807) is 24.3 Å². The van der Waals surface area contributed by atoms with Crippen molar-refractivity contribution in [1.29, 1.82) is 0 Å². The molecule has 0 fully saturated rings. The molecule has 0 aliphatic rings. The molecule has 9 nitrogen and oxygen atoms in total. The second-order valence-corrected chi connectivity index (χ2v) is 5.09. The van der Waals surface area contributed by atoms with Gasteiger partial charge in [0, 0.05) is 12.1 Å². The smallest absolute Gasteiger partial charge is 0.303 e. The average molecular weight is 361 g/mol. The first kappa shape index (κ1) is 19.0. The minimum Gasteiger partial charge on any atom is -0.494 e. The second-order valence-electron chi connectivity index (χ2n) is 5.09. The standard InChI is InChI=1S/C17H19N3O6/c1-24-16-14(17(25-2)19-10-18-16)15(23)20-11-5-7-12(8-6-11)26-9-3-4-13(21)22/h5-8,10H,3-4,9H2,1-2H3,(H,20,23)(H,21,22). The number of nitrogens with one attached hydrogen (secondary N) is 1. The van der Waals surface area contributed by atoms with Crippen molar-refractivity contribution < 1.29 is 28.9 Å². The van der Waals surface area contributed by atoms with Crippen LogP contribution in [-0.4, -0.2) is 47.8 Å². The number of carbonyl (C=O) groups is 2. The predicted molar refractivity (Wildman–Crippen MR) is 91.9 cm³/mol. The number of methoxy groups -OCH3 is 2. The van der Waals surface area contributed by atoms with Crippen molar-refractivity contribution in [2.75, 3.05) is 26.1 Å². The van der Waals surface area contributed by atoms with Crippen LogP contribution in [0.25, 0.3) is 0 Å². The van der Waals surface area contributed by atoms with Gasteiger partial charge in [-0.1, -0.05) is 0 Å². The van der Waals surface area contributed by atoms with Crippen LogP contribution in [0.15, 0.2) is 30.6 Å². The lowest BCUT2D eigenvalue weighted by atomic mass is 10.2. The van der Waals surface area contributed by atoms with E-state index >= 15 is 0 Å². The van der Waals surface area contributed by atoms with E-state index < -0.39 is 11.9 Å². The van der Waals surface area contributed by atoms with Crippen LogP contribution in [0.5, 0.6) is 17.5 Å². The Labute approximate surface area is 149 Å². The molecule has 9 heteroatoms. The maximum Gasteiger partial charge on any atom is 0.303 e. The number of anilines is 1. The van der Waals surface area contributed by atoms with Gasteiger partial charge in [-0.05, 0) is 30.7 Å². The van der Waals surface area contributed by atoms with Crippen LogP contribution in [0.4, 0.5) is 5.69 Å². The zero-order valence-corrected chi connectivity index (χ0v) is 14.4. The van der Waals surface area contributed by atoms with Crippen LogP contribution in [0.3, 0.4) is 0 Å². The molecule has 2 aromatic rings. The van der Waals surface area contributed by atoms with Crippen LogP contribution in [0, 0.1) is 0 Å². The first-order valence-electron chi connectivity index (χ1n) is 7.74. The van der Waals surface area contributed by atoms with E-state index in [0.29, 0.717) is 24.5 Å². The zero-order valence-electron chi connectivity index (χ0n) is 14.4. The summed E-state index contributed by atoms with van der Waals surface area (Å²) in [6, 6.07) is 6.67. The largest absolute Gasteiger partial charge is 0.494 e. The van der Waals surface area contributed by atoms with Gasteiger partial charge in [-0.25, -0.2) is 9.97 Å². The second kappa shape index (κ2) is 9.21. The fourth-order valence-electron chi connectivity index (χ4n) is 2.10. The molecule has 1 amide bonds. The summed E-state index contributed by atoms with van der Waals surface area (Å²) in [4.78, 5) is 30.7. The lowest BCUT2D eigenvalue weighted by Gasteiger charge is -2.11. The first-order chi connectivity index (χ1) is 12.5. The quantitative estimate of drug-likeness (QED) is 0.651. The number of carboxylic acid groups (broad SMARTS) is 1. The molecule has 138 valence electrons. The van der Waals surface area contributed by atoms with Gasteiger partial charge < -0.3 is 24.6 Å². The van der Waals surface area contributed by atoms with Gasteiger partial charge in [0.05, 0.1) is 20.8 Å². The highest BCUT2D eigenvalue weighted by Gasteiger charge is 2.21. The number of carboxylic acids is 1. The van der Waals surface area contributed by atoms with E-state index in [9.17, 15) is 9.59 Å². The Hall–Kier alpha value is -3.36. The Balaban J connectivity index is 2.01. The molecular formula is C17H19N3O6. The highest BCUT2D eigenvalue weighted by molar-refractivity contribution is 6.07. The highest BCUT2D eigenvalue weighted by atomic mass is 16.5. The molecule has 0 bridgehead atoms. The number of carbonyl (C=O) groups excluding carboxylic acids is 1. The van der Waals surface area contributed by atoms with Crippen LogP contribution in [-0.2, 0) is 4.79 Å². The number of nitrogens with zero attached hydrogens (tertiary/aromatic N) is 2. The van der Waals surface area contributed by atoms with Crippen LogP contribution < -0.4 is 19.5 Å². The van der Waals surface area contributed by atoms with Crippen molar-refractivity contribution >= 4 is 17.6 Å². The van der Waals surface area contributed by atoms with Gasteiger partial charge in [-0.15, -0.1) is 0 Å². The molecule has 1 aromatic heterocycles. The third-order valence-corrected chi connectivity index (χ3v) is 3.31. The number of ether oxygens (including phenoxy) is 3. The number of amides is 1. The third-order valence-electron chi connectivity index (χ3n) is 3.31. The summed E-state index contributed by atoms with van der Waals surface area (Å²) in [5, 5.41) is 11.3. The normalized spacial score (nSPS) is 10.1. The summed E-state index contributed by atoms with van der Waals surface area (Å²) in [5.74, 6) is -0.552. The fourth-order valence-corrected chi connectivity index (χ4v) is 2.10. The monoisotopic (exact) mass is 361 g/mol. The summed E-state index contributed by atoms with van der Waals surface area (Å²) in [7, 11) is 2.80. The molecule has 0 unspecified atom stereocenters. The molecule has 2 N–H and O–H groups in total. The van der Waals surface area contributed by atoms with Gasteiger partial charge in [-0.3, -0.25) is 9.59 Å². The van der Waals surface area contributed by atoms with E-state index in [0.717, 1.165) is 0 Å². The number of benzene rings is 1. The lowest BCUT2D eigenvalue weighted by Crippen LogP contribution is -2.16. The molecule has 0 aliphatic carbocycles. The van der Waals surface area contributed by atoms with E-state index in [4.69, 9.17) is 19.3 Å². The van der Waals surface area contributed by atoms with Crippen molar-refractivity contribution in [3.8, 4) is 17.5 Å². The summed E-state index contributed by atoms with van der Waals surface area (Å²) in [6.07, 6.45) is 1.71. The first-order valence-corrected chi connectivity index (χ1v) is 7.74. The minimum absolute atomic E-state index is 0.0525. The van der Waals surface area contributed by atoms with Gasteiger partial charge in [-0.2, -0.15) is 0 Å². The molecule has 1 heterocycles. The summed E-state index contributed by atoms with van der Waals surface area (Å²) >= 11 is 0. The maximum absolute atomic E-state index is 12.5. The lowest BCUT2D eigenvalue weighted by molar-refractivity contribution is -0.137. The molecule has 0 aliphatic heterocycles. The molecule has 1 aromatic carbocycles. The average Bonchev–Trinajstić information content (AvgIpc) is 2.65. The van der Waals surface area contributed by atoms with Gasteiger partial charge in [0.25, 0.3) is 5.91 Å². The molecule has 26 heavy (non-hydrogen) atoms. The van der Waals surface area contributed by atoms with Gasteiger partial charge >= 0.3 is 5.97 Å². The molecule has 0 saturated carbocycles. The summed E-state index contributed by atoms with van der Waals surface area (Å²) in [6.45, 7) is 0.299. The van der Waals surface area contributed by atoms with Gasteiger partial charge in [0.1, 0.15) is 12.1 Å². The number of rotatable bonds is 9. The van der Waals surface area contributed by atoms with E-state index in [2.05, 4.69) is 15.3 Å². The van der Waals surface area contributed by atoms with E-state index in [1.807, 2.05) is 0 Å². The molecule has 2 rings (SSSR count). The molecule has 0 atom stereocenters. The van der Waals surface area contributed by atoms with Crippen molar-refractivity contribution in [3.05, 3.63) is 36.2 Å². The number of aromatic nitrogens is 2. The minimum atomic E-state index is -0.859. The molecule has 0 saturated heterocycles. The maximum atomic E-state index is 12.5. The van der Waals surface area contributed by atoms with Crippen molar-refractivity contribution in [1.82, 2.24) is 9.97 Å². The third kappa shape index (κ3) is 5.07. The summed E-state index contributed by atoms with van der Waals surface area (Å²) in [5.41, 5.74) is 0.618. The Morgan fingerprint density at radius 1 is 1.08 bits per heavy atom. The van der Waals surface area contributed by atoms with Crippen LogP contribution in [0.1, 0.15) is 23.2 Å². The molecule has 0 radical (unpaired) electrons. The van der Waals surface area contributed by atoms with Crippen molar-refractivity contribution in [3.63, 3.8) is 0 Å². The topological polar surface area (TPSA) is 120 Å². The Morgan fingerprint density at radius 3 is 2.23 bits per heavy atom. The zero-order chi connectivity index (χ0) is 18.9. The molecular weight excluding hydrogens is 342 g/mol. The van der Waals surface area contributed by atoms with E-state index in [-0.39, 0.29) is 23.7 Å². The van der Waals surface area contributed by atoms with Crippen molar-refractivity contribution in [2.24, 2.45) is 0 Å². The molecule has 0 spiro atoms. The number of hydrogen-bond acceptors (Lipinski definition) is 7. The van der Waals surface area contributed by atoms with E-state index in [1.165, 1.54) is 20.5 Å². The Kier molecular flexibility index (Phi) is 6.72. The van der Waals surface area contributed by atoms with Crippen LogP contribution >= 0.6 is 0 Å². The fraction of sp³-hybridized carbons (Fsp3) is 0.294. The SMILES string of the molecule is COc1ncnc(OC)c1C(=O)Nc1ccc(OCCCC(=O)O)cc1. The Morgan fingerprint density at radius 2 is 1.69 bits per heavy atom. The predicted octanol–water partition coefficient (Wildman–Crippen LogP) is 1.99. The number of hydrogen-bond donors (Lipinski definition) is 2. The van der Waals surface area contributed by atoms with Gasteiger partial charge in [0.15, 0.2) is 5.56 Å². The van der Waals surface area contributed by atoms with Crippen LogP contribution in [0.2, 0.25) is 0 Å².